The zero-order chi connectivity index (χ0) is 31.0. The van der Waals surface area contributed by atoms with Crippen LogP contribution in [0.25, 0.3) is 33.3 Å². The molecule has 0 spiro atoms. The van der Waals surface area contributed by atoms with Gasteiger partial charge in [0.2, 0.25) is 0 Å². The molecule has 1 heterocycles. The Hall–Kier alpha value is -5.16. The molecule has 0 radical (unpaired) electrons. The lowest BCUT2D eigenvalue weighted by atomic mass is 10.00. The van der Waals surface area contributed by atoms with Crippen molar-refractivity contribution < 1.29 is 32.3 Å². The number of amides is 2. The molecular formula is C33H29F3N4O4. The molecule has 1 aromatic heterocycles. The fourth-order valence-electron chi connectivity index (χ4n) is 5.40. The Morgan fingerprint density at radius 2 is 1.59 bits per heavy atom. The normalized spacial score (nSPS) is 12.7. The number of para-hydroxylation sites is 1. The van der Waals surface area contributed by atoms with Crippen LogP contribution in [0, 0.1) is 17.5 Å². The van der Waals surface area contributed by atoms with Crippen LogP contribution in [0.4, 0.5) is 35.0 Å². The van der Waals surface area contributed by atoms with Crippen molar-refractivity contribution in [1.82, 2.24) is 10.5 Å². The third-order valence-corrected chi connectivity index (χ3v) is 7.51. The minimum Gasteiger partial charge on any atom is -0.497 e. The van der Waals surface area contributed by atoms with Crippen LogP contribution >= 0.6 is 0 Å². The smallest absolute Gasteiger partial charge is 0.343 e. The first-order valence-corrected chi connectivity index (χ1v) is 13.8. The molecule has 0 atom stereocenters. The van der Waals surface area contributed by atoms with Gasteiger partial charge in [-0.2, -0.15) is 0 Å². The average molecular weight is 603 g/mol. The van der Waals surface area contributed by atoms with E-state index in [1.54, 1.807) is 24.1 Å². The Morgan fingerprint density at radius 1 is 0.864 bits per heavy atom. The van der Waals surface area contributed by atoms with Crippen LogP contribution in [0.2, 0.25) is 0 Å². The van der Waals surface area contributed by atoms with E-state index in [9.17, 15) is 4.79 Å². The molecule has 8 nitrogen and oxygen atoms in total. The number of rotatable bonds is 9. The molecule has 226 valence electrons. The molecule has 44 heavy (non-hydrogen) atoms. The number of hydrogen-bond acceptors (Lipinski definition) is 5. The van der Waals surface area contributed by atoms with Crippen LogP contribution in [0.1, 0.15) is 12.8 Å². The maximum atomic E-state index is 15.5. The standard InChI is InChI=1S/C33H29F3N4O4/c1-42-21-12-7-18(8-13-21)23-17-29(40(20-10-11-20)31-25(34)5-4-6-26(31)35)24-16-28(38-30(24)32(23)43-2)22-14-9-19(15-27(22)36)37-33(41)39-44-3/h4-9,12-17,20,38H,10-11H2,1-3H3,(H2,37,39,41). The fourth-order valence-corrected chi connectivity index (χ4v) is 5.40. The minimum atomic E-state index is -0.686. The predicted molar refractivity (Wildman–Crippen MR) is 163 cm³/mol. The summed E-state index contributed by atoms with van der Waals surface area (Å²) in [7, 11) is 4.39. The number of carbonyl (C=O) groups is 1. The zero-order valence-electron chi connectivity index (χ0n) is 24.1. The van der Waals surface area contributed by atoms with Gasteiger partial charge in [0.1, 0.15) is 28.9 Å². The third-order valence-electron chi connectivity index (χ3n) is 7.51. The number of aromatic amines is 1. The van der Waals surface area contributed by atoms with Crippen molar-refractivity contribution in [2.24, 2.45) is 0 Å². The van der Waals surface area contributed by atoms with Gasteiger partial charge in [-0.3, -0.25) is 4.84 Å². The quantitative estimate of drug-likeness (QED) is 0.149. The molecule has 4 aromatic carbocycles. The van der Waals surface area contributed by atoms with Crippen molar-refractivity contribution in [3.8, 4) is 33.9 Å². The van der Waals surface area contributed by atoms with Crippen LogP contribution in [0.5, 0.6) is 11.5 Å². The first-order chi connectivity index (χ1) is 21.3. The molecule has 0 unspecified atom stereocenters. The van der Waals surface area contributed by atoms with Gasteiger partial charge in [-0.25, -0.2) is 23.4 Å². The summed E-state index contributed by atoms with van der Waals surface area (Å²) in [5.41, 5.74) is 5.30. The van der Waals surface area contributed by atoms with E-state index in [-0.39, 0.29) is 23.0 Å². The third kappa shape index (κ3) is 5.37. The van der Waals surface area contributed by atoms with Crippen LogP contribution in [0.3, 0.4) is 0 Å². The second-order valence-corrected chi connectivity index (χ2v) is 10.3. The molecule has 1 aliphatic rings. The number of urea groups is 1. The van der Waals surface area contributed by atoms with E-state index in [2.05, 4.69) is 20.6 Å². The highest BCUT2D eigenvalue weighted by atomic mass is 19.1. The molecule has 2 amide bonds. The molecule has 0 aliphatic heterocycles. The molecule has 1 aliphatic carbocycles. The Bertz CT molecular complexity index is 1830. The Kier molecular flexibility index (Phi) is 7.79. The Morgan fingerprint density at radius 3 is 2.20 bits per heavy atom. The van der Waals surface area contributed by atoms with Gasteiger partial charge < -0.3 is 24.7 Å². The Labute approximate surface area is 251 Å². The number of benzene rings is 4. The van der Waals surface area contributed by atoms with E-state index < -0.39 is 23.5 Å². The van der Waals surface area contributed by atoms with Crippen molar-refractivity contribution in [1.29, 1.82) is 0 Å². The fraction of sp³-hybridized carbons (Fsp3) is 0.182. The lowest BCUT2D eigenvalue weighted by Gasteiger charge is -2.28. The van der Waals surface area contributed by atoms with E-state index in [1.807, 2.05) is 30.3 Å². The average Bonchev–Trinajstić information content (AvgIpc) is 3.76. The number of halogens is 3. The van der Waals surface area contributed by atoms with Crippen molar-refractivity contribution in [3.63, 3.8) is 0 Å². The summed E-state index contributed by atoms with van der Waals surface area (Å²) >= 11 is 0. The van der Waals surface area contributed by atoms with E-state index in [0.29, 0.717) is 39.3 Å². The van der Waals surface area contributed by atoms with E-state index >= 15 is 13.2 Å². The summed E-state index contributed by atoms with van der Waals surface area (Å²) in [6.45, 7) is 0. The van der Waals surface area contributed by atoms with Crippen molar-refractivity contribution in [3.05, 3.63) is 90.2 Å². The van der Waals surface area contributed by atoms with Crippen molar-refractivity contribution in [2.75, 3.05) is 31.5 Å². The molecule has 1 fully saturated rings. The van der Waals surface area contributed by atoms with Crippen molar-refractivity contribution >= 4 is 34.0 Å². The summed E-state index contributed by atoms with van der Waals surface area (Å²) in [5, 5.41) is 3.07. The number of nitrogens with zero attached hydrogens (tertiary/aromatic N) is 1. The van der Waals surface area contributed by atoms with Gasteiger partial charge in [0, 0.05) is 33.9 Å². The van der Waals surface area contributed by atoms with Crippen molar-refractivity contribution in [2.45, 2.75) is 18.9 Å². The number of fused-ring (bicyclic) bond motifs is 1. The largest absolute Gasteiger partial charge is 0.497 e. The zero-order valence-corrected chi connectivity index (χ0v) is 24.1. The van der Waals surface area contributed by atoms with Crippen LogP contribution in [-0.4, -0.2) is 38.4 Å². The van der Waals surface area contributed by atoms with Gasteiger partial charge in [0.25, 0.3) is 0 Å². The monoisotopic (exact) mass is 602 g/mol. The van der Waals surface area contributed by atoms with Gasteiger partial charge in [0.15, 0.2) is 5.75 Å². The Balaban J connectivity index is 1.57. The van der Waals surface area contributed by atoms with E-state index in [1.165, 1.54) is 44.6 Å². The highest BCUT2D eigenvalue weighted by Gasteiger charge is 2.36. The summed E-state index contributed by atoms with van der Waals surface area (Å²) in [4.78, 5) is 21.4. The maximum Gasteiger partial charge on any atom is 0.343 e. The number of ether oxygens (including phenoxy) is 2. The number of anilines is 3. The number of methoxy groups -OCH3 is 2. The lowest BCUT2D eigenvalue weighted by molar-refractivity contribution is 0.114. The minimum absolute atomic E-state index is 0.139. The molecule has 6 rings (SSSR count). The number of hydrogen-bond donors (Lipinski definition) is 3. The number of nitrogens with one attached hydrogen (secondary N) is 3. The van der Waals surface area contributed by atoms with E-state index in [0.717, 1.165) is 18.4 Å². The van der Waals surface area contributed by atoms with Crippen LogP contribution in [-0.2, 0) is 4.84 Å². The lowest BCUT2D eigenvalue weighted by Crippen LogP contribution is -2.27. The predicted octanol–water partition coefficient (Wildman–Crippen LogP) is 7.92. The second-order valence-electron chi connectivity index (χ2n) is 10.3. The molecule has 5 aromatic rings. The maximum absolute atomic E-state index is 15.5. The second kappa shape index (κ2) is 11.8. The number of H-pyrrole nitrogens is 1. The summed E-state index contributed by atoms with van der Waals surface area (Å²) in [5.74, 6) is -0.845. The summed E-state index contributed by atoms with van der Waals surface area (Å²) < 4.78 is 57.3. The highest BCUT2D eigenvalue weighted by molar-refractivity contribution is 6.05. The van der Waals surface area contributed by atoms with Crippen LogP contribution < -0.4 is 25.2 Å². The molecule has 11 heteroatoms. The SMILES string of the molecule is CONC(=O)Nc1ccc(-c2cc3c(N(c4c(F)cccc4F)C4CC4)cc(-c4ccc(OC)cc4)c(OC)c3[nH]2)c(F)c1. The highest BCUT2D eigenvalue weighted by Crippen LogP contribution is 2.49. The first-order valence-electron chi connectivity index (χ1n) is 13.8. The van der Waals surface area contributed by atoms with Gasteiger partial charge in [0.05, 0.1) is 32.5 Å². The molecule has 3 N–H and O–H groups in total. The van der Waals surface area contributed by atoms with Crippen LogP contribution in [0.15, 0.2) is 72.8 Å². The number of carbonyl (C=O) groups excluding carboxylic acids is 1. The van der Waals surface area contributed by atoms with Gasteiger partial charge in [-0.15, -0.1) is 0 Å². The molecular weight excluding hydrogens is 573 g/mol. The molecule has 1 saturated carbocycles. The first kappa shape index (κ1) is 28.9. The van der Waals surface area contributed by atoms with Gasteiger partial charge in [-0.1, -0.05) is 18.2 Å². The molecule has 0 bridgehead atoms. The molecule has 0 saturated heterocycles. The number of hydroxylamine groups is 1. The van der Waals surface area contributed by atoms with E-state index in [4.69, 9.17) is 9.47 Å². The summed E-state index contributed by atoms with van der Waals surface area (Å²) in [6.07, 6.45) is 1.49. The van der Waals surface area contributed by atoms with Gasteiger partial charge in [-0.05, 0) is 73.0 Å². The van der Waals surface area contributed by atoms with Gasteiger partial charge >= 0.3 is 6.03 Å². The number of aromatic nitrogens is 1. The topological polar surface area (TPSA) is 87.8 Å². The summed E-state index contributed by atoms with van der Waals surface area (Å²) in [6, 6.07) is 18.2.